The molecule has 2 aromatic heterocycles. The summed E-state index contributed by atoms with van der Waals surface area (Å²) in [6, 6.07) is 5.10. The summed E-state index contributed by atoms with van der Waals surface area (Å²) in [6.07, 6.45) is 1.52. The van der Waals surface area contributed by atoms with E-state index in [1.807, 2.05) is 0 Å². The lowest BCUT2D eigenvalue weighted by Crippen LogP contribution is -2.14. The third-order valence-corrected chi connectivity index (χ3v) is 5.92. The fraction of sp³-hybridized carbons (Fsp3) is 0.188. The molecule has 28 heavy (non-hydrogen) atoms. The topological polar surface area (TPSA) is 116 Å². The molecule has 0 saturated carbocycles. The van der Waals surface area contributed by atoms with Crippen LogP contribution in [0.1, 0.15) is 16.1 Å². The Morgan fingerprint density at radius 3 is 2.86 bits per heavy atom. The van der Waals surface area contributed by atoms with Crippen molar-refractivity contribution in [1.29, 1.82) is 0 Å². The van der Waals surface area contributed by atoms with Gasteiger partial charge in [0.2, 0.25) is 5.91 Å². The Balaban J connectivity index is 1.68. The highest BCUT2D eigenvalue weighted by Crippen LogP contribution is 2.37. The average Bonchev–Trinajstić information content (AvgIpc) is 3.19. The number of benzene rings is 1. The zero-order chi connectivity index (χ0) is 20.4. The van der Waals surface area contributed by atoms with Gasteiger partial charge in [0, 0.05) is 22.2 Å². The number of hydrogen-bond donors (Lipinski definition) is 1. The second kappa shape index (κ2) is 8.25. The minimum Gasteiger partial charge on any atom is -0.465 e. The molecular weight excluding hydrogens is 476 g/mol. The fourth-order valence-electron chi connectivity index (χ4n) is 2.43. The Morgan fingerprint density at radius 1 is 1.46 bits per heavy atom. The highest BCUT2D eigenvalue weighted by atomic mass is 79.9. The van der Waals surface area contributed by atoms with E-state index in [1.165, 1.54) is 29.3 Å². The second-order valence-corrected chi connectivity index (χ2v) is 7.85. The molecule has 0 aliphatic rings. The molecule has 0 radical (unpaired) electrons. The van der Waals surface area contributed by atoms with Crippen LogP contribution in [0.3, 0.4) is 0 Å². The van der Waals surface area contributed by atoms with Crippen LogP contribution in [0.25, 0.3) is 10.1 Å². The number of aromatic nitrogens is 2. The van der Waals surface area contributed by atoms with Gasteiger partial charge in [-0.05, 0) is 39.1 Å². The molecule has 0 saturated heterocycles. The maximum Gasteiger partial charge on any atom is 0.404 e. The molecule has 0 unspecified atom stereocenters. The van der Waals surface area contributed by atoms with E-state index in [1.54, 1.807) is 18.2 Å². The lowest BCUT2D eigenvalue weighted by Gasteiger charge is -2.04. The van der Waals surface area contributed by atoms with E-state index in [0.717, 1.165) is 4.70 Å². The Morgan fingerprint density at radius 2 is 2.21 bits per heavy atom. The number of aryl methyl sites for hydroxylation is 1. The van der Waals surface area contributed by atoms with E-state index in [-0.39, 0.29) is 29.2 Å². The maximum atomic E-state index is 12.2. The van der Waals surface area contributed by atoms with Crippen molar-refractivity contribution in [2.24, 2.45) is 0 Å². The second-order valence-electron chi connectivity index (χ2n) is 5.57. The van der Waals surface area contributed by atoms with Crippen LogP contribution in [-0.4, -0.2) is 33.7 Å². The first-order valence-corrected chi connectivity index (χ1v) is 9.76. The number of rotatable bonds is 6. The van der Waals surface area contributed by atoms with Crippen LogP contribution in [0.5, 0.6) is 0 Å². The standard InChI is InChI=1S/C16H12BrClN4O5S/c1-27-16(24)14-13(18)9-3-2-8(6-11(9)28-14)19-12(23)4-5-21-7-10(17)15(20-21)22(25)26/h2-3,6-7H,4-5H2,1H3,(H,19,23). The molecule has 0 spiro atoms. The Labute approximate surface area is 175 Å². The molecular formula is C16H12BrClN4O5S. The molecule has 1 aromatic carbocycles. The van der Waals surface area contributed by atoms with E-state index >= 15 is 0 Å². The molecule has 0 aliphatic heterocycles. The van der Waals surface area contributed by atoms with E-state index in [0.29, 0.717) is 21.0 Å². The number of fused-ring (bicyclic) bond motifs is 1. The number of anilines is 1. The Kier molecular flexibility index (Phi) is 5.96. The molecule has 12 heteroatoms. The van der Waals surface area contributed by atoms with Gasteiger partial charge in [-0.3, -0.25) is 4.79 Å². The van der Waals surface area contributed by atoms with Gasteiger partial charge in [-0.1, -0.05) is 11.6 Å². The zero-order valence-corrected chi connectivity index (χ0v) is 17.4. The maximum absolute atomic E-state index is 12.2. The molecule has 2 heterocycles. The number of ether oxygens (including phenoxy) is 1. The summed E-state index contributed by atoms with van der Waals surface area (Å²) in [7, 11) is 1.28. The molecule has 1 amide bonds. The van der Waals surface area contributed by atoms with Gasteiger partial charge in [0.25, 0.3) is 0 Å². The van der Waals surface area contributed by atoms with Crippen molar-refractivity contribution in [3.8, 4) is 0 Å². The summed E-state index contributed by atoms with van der Waals surface area (Å²) in [4.78, 5) is 34.4. The van der Waals surface area contributed by atoms with Crippen molar-refractivity contribution in [1.82, 2.24) is 9.78 Å². The van der Waals surface area contributed by atoms with Gasteiger partial charge < -0.3 is 20.2 Å². The van der Waals surface area contributed by atoms with Gasteiger partial charge >= 0.3 is 11.8 Å². The number of hydrogen-bond acceptors (Lipinski definition) is 7. The number of nitrogens with one attached hydrogen (secondary N) is 1. The minimum atomic E-state index is -0.607. The number of amides is 1. The number of thiophene rings is 1. The number of esters is 1. The number of methoxy groups -OCH3 is 1. The quantitative estimate of drug-likeness (QED) is 0.316. The van der Waals surface area contributed by atoms with Gasteiger partial charge in [0.05, 0.1) is 30.0 Å². The number of carbonyl (C=O) groups is 2. The summed E-state index contributed by atoms with van der Waals surface area (Å²) in [5.74, 6) is -1.11. The molecule has 9 nitrogen and oxygen atoms in total. The predicted octanol–water partition coefficient (Wildman–Crippen LogP) is 4.24. The summed E-state index contributed by atoms with van der Waals surface area (Å²) >= 11 is 10.4. The molecule has 1 N–H and O–H groups in total. The van der Waals surface area contributed by atoms with Crippen LogP contribution >= 0.6 is 38.9 Å². The number of carbonyl (C=O) groups excluding carboxylic acids is 2. The average molecular weight is 488 g/mol. The third-order valence-electron chi connectivity index (χ3n) is 3.72. The molecule has 0 bridgehead atoms. The molecule has 0 fully saturated rings. The number of halogens is 2. The molecule has 3 aromatic rings. The highest BCUT2D eigenvalue weighted by molar-refractivity contribution is 9.10. The summed E-state index contributed by atoms with van der Waals surface area (Å²) in [5, 5.41) is 18.3. The van der Waals surface area contributed by atoms with Gasteiger partial charge in [-0.2, -0.15) is 4.68 Å². The van der Waals surface area contributed by atoms with Crippen molar-refractivity contribution in [3.05, 3.63) is 48.9 Å². The smallest absolute Gasteiger partial charge is 0.404 e. The summed E-state index contributed by atoms with van der Waals surface area (Å²) < 4.78 is 7.01. The van der Waals surface area contributed by atoms with Crippen LogP contribution in [0.4, 0.5) is 11.5 Å². The number of nitrogens with zero attached hydrogens (tertiary/aromatic N) is 3. The largest absolute Gasteiger partial charge is 0.465 e. The van der Waals surface area contributed by atoms with Gasteiger partial charge in [-0.15, -0.1) is 11.3 Å². The first-order valence-electron chi connectivity index (χ1n) is 7.77. The van der Waals surface area contributed by atoms with Crippen LogP contribution in [-0.2, 0) is 16.1 Å². The van der Waals surface area contributed by atoms with Gasteiger partial charge in [0.1, 0.15) is 9.35 Å². The van der Waals surface area contributed by atoms with Crippen molar-refractivity contribution in [3.63, 3.8) is 0 Å². The number of nitro groups is 1. The molecule has 0 aliphatic carbocycles. The van der Waals surface area contributed by atoms with Crippen molar-refractivity contribution in [2.75, 3.05) is 12.4 Å². The van der Waals surface area contributed by atoms with Crippen LogP contribution in [0.15, 0.2) is 28.9 Å². The van der Waals surface area contributed by atoms with Crippen molar-refractivity contribution < 1.29 is 19.2 Å². The first kappa shape index (κ1) is 20.2. The SMILES string of the molecule is COC(=O)c1sc2cc(NC(=O)CCn3cc(Br)c([N+](=O)[O-])n3)ccc2c1Cl. The lowest BCUT2D eigenvalue weighted by molar-refractivity contribution is -0.390. The van der Waals surface area contributed by atoms with Gasteiger partial charge in [0.15, 0.2) is 0 Å². The zero-order valence-electron chi connectivity index (χ0n) is 14.3. The van der Waals surface area contributed by atoms with Crippen LogP contribution in [0.2, 0.25) is 5.02 Å². The normalized spacial score (nSPS) is 10.8. The third kappa shape index (κ3) is 4.16. The predicted molar refractivity (Wildman–Crippen MR) is 108 cm³/mol. The Hall–Kier alpha value is -2.50. The lowest BCUT2D eigenvalue weighted by atomic mass is 10.2. The summed E-state index contributed by atoms with van der Waals surface area (Å²) in [6.45, 7) is 0.178. The fourth-order valence-corrected chi connectivity index (χ4v) is 4.36. The Bertz CT molecular complexity index is 1100. The monoisotopic (exact) mass is 486 g/mol. The van der Waals surface area contributed by atoms with Gasteiger partial charge in [-0.25, -0.2) is 4.79 Å². The van der Waals surface area contributed by atoms with Crippen LogP contribution < -0.4 is 5.32 Å². The van der Waals surface area contributed by atoms with E-state index in [2.05, 4.69) is 26.3 Å². The molecule has 0 atom stereocenters. The summed E-state index contributed by atoms with van der Waals surface area (Å²) in [5.41, 5.74) is 0.541. The molecule has 146 valence electrons. The van der Waals surface area contributed by atoms with E-state index in [4.69, 9.17) is 16.3 Å². The van der Waals surface area contributed by atoms with Crippen molar-refractivity contribution >= 4 is 72.3 Å². The van der Waals surface area contributed by atoms with E-state index < -0.39 is 10.9 Å². The molecule has 3 rings (SSSR count). The highest BCUT2D eigenvalue weighted by Gasteiger charge is 2.20. The van der Waals surface area contributed by atoms with Crippen molar-refractivity contribution in [2.45, 2.75) is 13.0 Å². The minimum absolute atomic E-state index is 0.0713. The van der Waals surface area contributed by atoms with Crippen LogP contribution in [0, 0.1) is 10.1 Å². The van der Waals surface area contributed by atoms with E-state index in [9.17, 15) is 19.7 Å². The first-order chi connectivity index (χ1) is 13.3.